The van der Waals surface area contributed by atoms with Crippen LogP contribution in [0.2, 0.25) is 0 Å². The minimum Gasteiger partial charge on any atom is -0.480 e. The van der Waals surface area contributed by atoms with Gasteiger partial charge in [0.05, 0.1) is 6.61 Å². The van der Waals surface area contributed by atoms with Crippen LogP contribution in [0.15, 0.2) is 0 Å². The van der Waals surface area contributed by atoms with Gasteiger partial charge in [-0.05, 0) is 0 Å². The third-order valence-electron chi connectivity index (χ3n) is 1.13. The number of aliphatic hydroxyl groups is 1. The van der Waals surface area contributed by atoms with Crippen molar-refractivity contribution < 1.29 is 15.0 Å². The molecule has 0 heterocycles. The van der Waals surface area contributed by atoms with Crippen molar-refractivity contribution >= 4 is 5.97 Å². The molecule has 0 bridgehead atoms. The number of terminal acetylenes is 1. The summed E-state index contributed by atoms with van der Waals surface area (Å²) in [6, 6.07) is 0. The van der Waals surface area contributed by atoms with Gasteiger partial charge < -0.3 is 15.9 Å². The van der Waals surface area contributed by atoms with Crippen molar-refractivity contribution in [2.75, 3.05) is 6.61 Å². The lowest BCUT2D eigenvalue weighted by Crippen LogP contribution is -2.50. The zero-order chi connectivity index (χ0) is 8.20. The van der Waals surface area contributed by atoms with Gasteiger partial charge in [-0.2, -0.15) is 0 Å². The molecule has 0 aromatic carbocycles. The second-order valence-corrected chi connectivity index (χ2v) is 2.00. The highest BCUT2D eigenvalue weighted by Gasteiger charge is 2.31. The molecule has 0 aliphatic carbocycles. The van der Waals surface area contributed by atoms with E-state index in [-0.39, 0.29) is 6.42 Å². The molecule has 0 saturated heterocycles. The van der Waals surface area contributed by atoms with Gasteiger partial charge in [0.25, 0.3) is 0 Å². The number of rotatable bonds is 3. The maximum atomic E-state index is 10.3. The topological polar surface area (TPSA) is 83.5 Å². The Morgan fingerprint density at radius 1 is 1.80 bits per heavy atom. The number of nitrogens with two attached hydrogens (primary N) is 1. The molecule has 4 N–H and O–H groups in total. The van der Waals surface area contributed by atoms with Crippen LogP contribution >= 0.6 is 0 Å². The lowest BCUT2D eigenvalue weighted by Gasteiger charge is -2.17. The van der Waals surface area contributed by atoms with E-state index < -0.39 is 18.1 Å². The molecule has 0 aromatic rings. The molecule has 0 amide bonds. The van der Waals surface area contributed by atoms with E-state index in [4.69, 9.17) is 22.4 Å². The van der Waals surface area contributed by atoms with Crippen LogP contribution in [0.4, 0.5) is 0 Å². The molecule has 0 radical (unpaired) electrons. The van der Waals surface area contributed by atoms with Gasteiger partial charge in [-0.15, -0.1) is 12.3 Å². The van der Waals surface area contributed by atoms with Gasteiger partial charge in [-0.3, -0.25) is 4.79 Å². The van der Waals surface area contributed by atoms with Crippen LogP contribution in [0, 0.1) is 12.3 Å². The molecule has 0 unspecified atom stereocenters. The summed E-state index contributed by atoms with van der Waals surface area (Å²) in [6.45, 7) is -0.646. The van der Waals surface area contributed by atoms with E-state index in [0.29, 0.717) is 0 Å². The van der Waals surface area contributed by atoms with Crippen LogP contribution < -0.4 is 5.73 Å². The van der Waals surface area contributed by atoms with Crippen molar-refractivity contribution in [3.8, 4) is 12.3 Å². The average molecular weight is 143 g/mol. The fourth-order valence-corrected chi connectivity index (χ4v) is 0.381. The first-order chi connectivity index (χ1) is 4.56. The normalized spacial score (nSPS) is 15.3. The van der Waals surface area contributed by atoms with Crippen molar-refractivity contribution in [1.29, 1.82) is 0 Å². The molecule has 0 rings (SSSR count). The number of carboxylic acid groups (broad SMARTS) is 1. The van der Waals surface area contributed by atoms with Crippen molar-refractivity contribution in [2.45, 2.75) is 12.0 Å². The Kier molecular flexibility index (Phi) is 2.87. The van der Waals surface area contributed by atoms with Crippen LogP contribution in [0.3, 0.4) is 0 Å². The molecular formula is C6H9NO3. The smallest absolute Gasteiger partial charge is 0.327 e. The number of hydrogen-bond donors (Lipinski definition) is 3. The number of carbonyl (C=O) groups is 1. The maximum Gasteiger partial charge on any atom is 0.327 e. The van der Waals surface area contributed by atoms with Gasteiger partial charge in [-0.1, -0.05) is 0 Å². The quantitative estimate of drug-likeness (QED) is 0.432. The lowest BCUT2D eigenvalue weighted by atomic mass is 9.99. The minimum absolute atomic E-state index is 0.168. The Balaban J connectivity index is 4.26. The molecule has 4 heteroatoms. The maximum absolute atomic E-state index is 10.3. The van der Waals surface area contributed by atoms with Crippen LogP contribution in [0.25, 0.3) is 0 Å². The van der Waals surface area contributed by atoms with Crippen LogP contribution in [-0.4, -0.2) is 28.3 Å². The zero-order valence-electron chi connectivity index (χ0n) is 5.37. The molecule has 0 fully saturated rings. The number of aliphatic carboxylic acids is 1. The third kappa shape index (κ3) is 1.72. The summed E-state index contributed by atoms with van der Waals surface area (Å²) in [5.41, 5.74) is 3.49. The van der Waals surface area contributed by atoms with Crippen molar-refractivity contribution in [1.82, 2.24) is 0 Å². The van der Waals surface area contributed by atoms with E-state index in [1.165, 1.54) is 0 Å². The van der Waals surface area contributed by atoms with Gasteiger partial charge in [0.15, 0.2) is 0 Å². The highest BCUT2D eigenvalue weighted by Crippen LogP contribution is 2.03. The fraction of sp³-hybridized carbons (Fsp3) is 0.500. The Hall–Kier alpha value is -1.05. The Labute approximate surface area is 58.7 Å². The molecule has 0 aliphatic rings. The van der Waals surface area contributed by atoms with E-state index in [2.05, 4.69) is 5.92 Å². The highest BCUT2D eigenvalue weighted by molar-refractivity contribution is 5.79. The van der Waals surface area contributed by atoms with Crippen molar-refractivity contribution in [3.63, 3.8) is 0 Å². The second kappa shape index (κ2) is 3.20. The summed E-state index contributed by atoms with van der Waals surface area (Å²) >= 11 is 0. The third-order valence-corrected chi connectivity index (χ3v) is 1.13. The average Bonchev–Trinajstić information content (AvgIpc) is 1.88. The predicted molar refractivity (Wildman–Crippen MR) is 35.1 cm³/mol. The number of hydrogen-bond acceptors (Lipinski definition) is 3. The summed E-state index contributed by atoms with van der Waals surface area (Å²) in [5.74, 6) is 0.790. The van der Waals surface area contributed by atoms with Gasteiger partial charge in [0.1, 0.15) is 5.54 Å². The zero-order valence-corrected chi connectivity index (χ0v) is 5.37. The van der Waals surface area contributed by atoms with Gasteiger partial charge in [-0.25, -0.2) is 0 Å². The van der Waals surface area contributed by atoms with E-state index in [0.717, 1.165) is 0 Å². The summed E-state index contributed by atoms with van der Waals surface area (Å²) in [4.78, 5) is 10.3. The molecule has 10 heavy (non-hydrogen) atoms. The minimum atomic E-state index is -1.67. The van der Waals surface area contributed by atoms with Gasteiger partial charge in [0, 0.05) is 6.42 Å². The lowest BCUT2D eigenvalue weighted by molar-refractivity contribution is -0.144. The first kappa shape index (κ1) is 8.95. The Morgan fingerprint density at radius 3 is 2.40 bits per heavy atom. The first-order valence-electron chi connectivity index (χ1n) is 2.63. The summed E-state index contributed by atoms with van der Waals surface area (Å²) in [7, 11) is 0. The van der Waals surface area contributed by atoms with Crippen LogP contribution in [0.1, 0.15) is 6.42 Å². The van der Waals surface area contributed by atoms with Crippen molar-refractivity contribution in [2.24, 2.45) is 5.73 Å². The molecule has 0 saturated carbocycles. The fourth-order valence-electron chi connectivity index (χ4n) is 0.381. The van der Waals surface area contributed by atoms with Gasteiger partial charge in [0.2, 0.25) is 0 Å². The van der Waals surface area contributed by atoms with E-state index in [9.17, 15) is 4.79 Å². The first-order valence-corrected chi connectivity index (χ1v) is 2.63. The molecule has 56 valence electrons. The Morgan fingerprint density at radius 2 is 2.30 bits per heavy atom. The summed E-state index contributed by atoms with van der Waals surface area (Å²) in [6.07, 6.45) is 4.66. The SMILES string of the molecule is C#CC[C@@](N)(CO)C(=O)O. The summed E-state index contributed by atoms with van der Waals surface area (Å²) in [5, 5.41) is 16.9. The molecule has 0 aliphatic heterocycles. The van der Waals surface area contributed by atoms with Crippen molar-refractivity contribution in [3.05, 3.63) is 0 Å². The van der Waals surface area contributed by atoms with Crippen LogP contribution in [0.5, 0.6) is 0 Å². The molecule has 4 nitrogen and oxygen atoms in total. The summed E-state index contributed by atoms with van der Waals surface area (Å²) < 4.78 is 0. The van der Waals surface area contributed by atoms with E-state index >= 15 is 0 Å². The second-order valence-electron chi connectivity index (χ2n) is 2.00. The largest absolute Gasteiger partial charge is 0.480 e. The standard InChI is InChI=1S/C6H9NO3/c1-2-3-6(7,4-8)5(9)10/h1,8H,3-4,7H2,(H,9,10)/t6-/m1/s1. The van der Waals surface area contributed by atoms with Gasteiger partial charge >= 0.3 is 5.97 Å². The molecule has 1 atom stereocenters. The predicted octanol–water partition coefficient (Wildman–Crippen LogP) is -1.22. The molecular weight excluding hydrogens is 134 g/mol. The van der Waals surface area contributed by atoms with Crippen LogP contribution in [-0.2, 0) is 4.79 Å². The molecule has 0 aromatic heterocycles. The van der Waals surface area contributed by atoms with E-state index in [1.54, 1.807) is 0 Å². The Bertz CT molecular complexity index is 172. The number of carboxylic acids is 1. The highest BCUT2D eigenvalue weighted by atomic mass is 16.4. The molecule has 0 spiro atoms. The van der Waals surface area contributed by atoms with E-state index in [1.807, 2.05) is 0 Å². The monoisotopic (exact) mass is 143 g/mol. The number of aliphatic hydroxyl groups excluding tert-OH is 1.